The SMILES string of the molecule is CC(C)(CN=C(N)Nc1cc(F)ccc1F)CN1CCCC1.I. The molecule has 0 radical (unpaired) electrons. The molecule has 7 heteroatoms. The van der Waals surface area contributed by atoms with Crippen LogP contribution < -0.4 is 11.1 Å². The lowest BCUT2D eigenvalue weighted by atomic mass is 9.93. The van der Waals surface area contributed by atoms with Gasteiger partial charge >= 0.3 is 0 Å². The van der Waals surface area contributed by atoms with Crippen LogP contribution in [0.1, 0.15) is 26.7 Å². The van der Waals surface area contributed by atoms with Gasteiger partial charge in [-0.25, -0.2) is 8.78 Å². The molecule has 1 fully saturated rings. The summed E-state index contributed by atoms with van der Waals surface area (Å²) in [5.74, 6) is -0.985. The first-order valence-electron chi connectivity index (χ1n) is 7.60. The van der Waals surface area contributed by atoms with Gasteiger partial charge in [0.25, 0.3) is 0 Å². The first-order valence-corrected chi connectivity index (χ1v) is 7.60. The molecule has 0 bridgehead atoms. The van der Waals surface area contributed by atoms with Gasteiger partial charge in [-0.2, -0.15) is 0 Å². The number of benzene rings is 1. The van der Waals surface area contributed by atoms with Crippen molar-refractivity contribution >= 4 is 35.6 Å². The van der Waals surface area contributed by atoms with Gasteiger partial charge in [0.1, 0.15) is 11.6 Å². The Bertz CT molecular complexity index is 543. The Kier molecular flexibility index (Phi) is 7.66. The predicted octanol–water partition coefficient (Wildman–Crippen LogP) is 3.43. The summed E-state index contributed by atoms with van der Waals surface area (Å²) in [4.78, 5) is 6.69. The zero-order valence-electron chi connectivity index (χ0n) is 13.6. The Hall–Kier alpha value is -0.960. The van der Waals surface area contributed by atoms with Gasteiger partial charge in [0.05, 0.1) is 5.69 Å². The molecule has 0 aromatic heterocycles. The molecule has 0 atom stereocenters. The molecule has 1 saturated heterocycles. The van der Waals surface area contributed by atoms with E-state index in [1.54, 1.807) is 0 Å². The summed E-state index contributed by atoms with van der Waals surface area (Å²) in [5, 5.41) is 2.62. The van der Waals surface area contributed by atoms with Crippen molar-refractivity contribution in [2.45, 2.75) is 26.7 Å². The molecule has 0 unspecified atom stereocenters. The summed E-state index contributed by atoms with van der Waals surface area (Å²) in [6.07, 6.45) is 2.50. The summed E-state index contributed by atoms with van der Waals surface area (Å²) >= 11 is 0. The summed E-state index contributed by atoms with van der Waals surface area (Å²) in [6, 6.07) is 3.18. The Morgan fingerprint density at radius 1 is 1.30 bits per heavy atom. The highest BCUT2D eigenvalue weighted by molar-refractivity contribution is 14.0. The number of guanidine groups is 1. The first-order chi connectivity index (χ1) is 10.4. The maximum atomic E-state index is 13.5. The van der Waals surface area contributed by atoms with Gasteiger partial charge in [0.2, 0.25) is 0 Å². The number of halogens is 3. The summed E-state index contributed by atoms with van der Waals surface area (Å²) in [5.41, 5.74) is 5.76. The van der Waals surface area contributed by atoms with Crippen LogP contribution in [0.2, 0.25) is 0 Å². The van der Waals surface area contributed by atoms with Crippen molar-refractivity contribution < 1.29 is 8.78 Å². The van der Waals surface area contributed by atoms with Gasteiger partial charge in [-0.05, 0) is 43.5 Å². The van der Waals surface area contributed by atoms with Crippen molar-refractivity contribution in [3.63, 3.8) is 0 Å². The van der Waals surface area contributed by atoms with Gasteiger partial charge in [-0.1, -0.05) is 13.8 Å². The number of anilines is 1. The molecule has 0 aliphatic carbocycles. The lowest BCUT2D eigenvalue weighted by Gasteiger charge is -2.28. The molecule has 1 aliphatic heterocycles. The van der Waals surface area contributed by atoms with E-state index in [-0.39, 0.29) is 41.0 Å². The predicted molar refractivity (Wildman–Crippen MR) is 101 cm³/mol. The molecule has 0 amide bonds. The smallest absolute Gasteiger partial charge is 0.193 e. The number of nitrogens with zero attached hydrogens (tertiary/aromatic N) is 2. The third-order valence-corrected chi connectivity index (χ3v) is 3.72. The number of hydrogen-bond acceptors (Lipinski definition) is 2. The molecular formula is C16H25F2IN4. The zero-order valence-corrected chi connectivity index (χ0v) is 15.9. The molecule has 4 nitrogen and oxygen atoms in total. The van der Waals surface area contributed by atoms with E-state index in [0.717, 1.165) is 37.8 Å². The monoisotopic (exact) mass is 438 g/mol. The highest BCUT2D eigenvalue weighted by Gasteiger charge is 2.23. The second-order valence-corrected chi connectivity index (χ2v) is 6.60. The van der Waals surface area contributed by atoms with Crippen molar-refractivity contribution in [3.05, 3.63) is 29.8 Å². The average molecular weight is 438 g/mol. The molecule has 1 aliphatic rings. The highest BCUT2D eigenvalue weighted by Crippen LogP contribution is 2.21. The fourth-order valence-corrected chi connectivity index (χ4v) is 2.67. The Balaban J connectivity index is 0.00000264. The number of nitrogens with two attached hydrogens (primary N) is 1. The van der Waals surface area contributed by atoms with Crippen molar-refractivity contribution in [2.75, 3.05) is 31.5 Å². The van der Waals surface area contributed by atoms with E-state index in [0.29, 0.717) is 6.54 Å². The van der Waals surface area contributed by atoms with Gasteiger partial charge in [-0.15, -0.1) is 24.0 Å². The Morgan fingerprint density at radius 3 is 2.61 bits per heavy atom. The van der Waals surface area contributed by atoms with Crippen LogP contribution in [-0.2, 0) is 0 Å². The van der Waals surface area contributed by atoms with Crippen LogP contribution in [0.5, 0.6) is 0 Å². The molecule has 130 valence electrons. The molecule has 0 spiro atoms. The third-order valence-electron chi connectivity index (χ3n) is 3.72. The third kappa shape index (κ3) is 6.58. The number of aliphatic imine (C=N–C) groups is 1. The van der Waals surface area contributed by atoms with E-state index >= 15 is 0 Å². The van der Waals surface area contributed by atoms with E-state index in [1.165, 1.54) is 12.8 Å². The summed E-state index contributed by atoms with van der Waals surface area (Å²) < 4.78 is 26.6. The number of nitrogens with one attached hydrogen (secondary N) is 1. The van der Waals surface area contributed by atoms with Gasteiger partial charge in [0, 0.05) is 19.2 Å². The van der Waals surface area contributed by atoms with Crippen LogP contribution in [0.25, 0.3) is 0 Å². The fourth-order valence-electron chi connectivity index (χ4n) is 2.67. The van der Waals surface area contributed by atoms with Crippen LogP contribution in [-0.4, -0.2) is 37.0 Å². The van der Waals surface area contributed by atoms with Crippen molar-refractivity contribution in [1.29, 1.82) is 0 Å². The number of rotatable bonds is 5. The van der Waals surface area contributed by atoms with E-state index in [1.807, 2.05) is 0 Å². The van der Waals surface area contributed by atoms with Crippen molar-refractivity contribution in [1.82, 2.24) is 4.90 Å². The van der Waals surface area contributed by atoms with Crippen LogP contribution in [0.15, 0.2) is 23.2 Å². The highest BCUT2D eigenvalue weighted by atomic mass is 127. The van der Waals surface area contributed by atoms with Gasteiger partial charge in [0.15, 0.2) is 5.96 Å². The summed E-state index contributed by atoms with van der Waals surface area (Å²) in [7, 11) is 0. The average Bonchev–Trinajstić information content (AvgIpc) is 2.93. The molecular weight excluding hydrogens is 413 g/mol. The second kappa shape index (κ2) is 8.77. The van der Waals surface area contributed by atoms with E-state index in [9.17, 15) is 8.78 Å². The van der Waals surface area contributed by atoms with Crippen LogP contribution in [0.4, 0.5) is 14.5 Å². The maximum absolute atomic E-state index is 13.5. The van der Waals surface area contributed by atoms with E-state index in [4.69, 9.17) is 5.73 Å². The summed E-state index contributed by atoms with van der Waals surface area (Å²) in [6.45, 7) is 8.01. The lowest BCUT2D eigenvalue weighted by molar-refractivity contribution is 0.216. The van der Waals surface area contributed by atoms with E-state index < -0.39 is 11.6 Å². The number of hydrogen-bond donors (Lipinski definition) is 2. The van der Waals surface area contributed by atoms with Crippen LogP contribution in [0, 0.1) is 17.0 Å². The van der Waals surface area contributed by atoms with Crippen molar-refractivity contribution in [3.8, 4) is 0 Å². The minimum Gasteiger partial charge on any atom is -0.370 e. The van der Waals surface area contributed by atoms with Gasteiger partial charge < -0.3 is 16.0 Å². The van der Waals surface area contributed by atoms with Gasteiger partial charge in [-0.3, -0.25) is 4.99 Å². The molecule has 3 N–H and O–H groups in total. The topological polar surface area (TPSA) is 53.6 Å². The first kappa shape index (κ1) is 20.1. The largest absolute Gasteiger partial charge is 0.370 e. The lowest BCUT2D eigenvalue weighted by Crippen LogP contribution is -2.35. The molecule has 1 aromatic carbocycles. The molecule has 1 heterocycles. The normalized spacial score (nSPS) is 16.3. The van der Waals surface area contributed by atoms with Crippen molar-refractivity contribution in [2.24, 2.45) is 16.1 Å². The Morgan fingerprint density at radius 2 is 1.96 bits per heavy atom. The number of likely N-dealkylation sites (tertiary alicyclic amines) is 1. The fraction of sp³-hybridized carbons (Fsp3) is 0.562. The molecule has 1 aromatic rings. The van der Waals surface area contributed by atoms with Crippen LogP contribution >= 0.6 is 24.0 Å². The molecule has 2 rings (SSSR count). The minimum absolute atomic E-state index is 0. The Labute approximate surface area is 153 Å². The minimum atomic E-state index is -0.559. The quantitative estimate of drug-likeness (QED) is 0.421. The maximum Gasteiger partial charge on any atom is 0.193 e. The standard InChI is InChI=1S/C16H24F2N4.HI/c1-16(2,11-22-7-3-4-8-22)10-20-15(19)21-14-9-12(17)5-6-13(14)18;/h5-6,9H,3-4,7-8,10-11H2,1-2H3,(H3,19,20,21);1H. The molecule has 23 heavy (non-hydrogen) atoms. The van der Waals surface area contributed by atoms with E-state index in [2.05, 4.69) is 29.1 Å². The second-order valence-electron chi connectivity index (χ2n) is 6.60. The van der Waals surface area contributed by atoms with Crippen LogP contribution in [0.3, 0.4) is 0 Å². The zero-order chi connectivity index (χ0) is 16.2. The molecule has 0 saturated carbocycles.